The third kappa shape index (κ3) is 3.65. The fourth-order valence-corrected chi connectivity index (χ4v) is 6.12. The maximum atomic E-state index is 12.6. The molecule has 0 saturated carbocycles. The molecular formula is C16H23N5O2S2. The molecule has 2 saturated heterocycles. The number of H-pyrrole nitrogens is 1. The van der Waals surface area contributed by atoms with Crippen molar-refractivity contribution in [1.29, 1.82) is 0 Å². The number of aromatic amines is 1. The summed E-state index contributed by atoms with van der Waals surface area (Å²) >= 11 is 1.76. The van der Waals surface area contributed by atoms with Crippen LogP contribution < -0.4 is 0 Å². The Hall–Kier alpha value is -1.26. The Bertz CT molecular complexity index is 788. The number of nitrogens with zero attached hydrogens (tertiary/aromatic N) is 4. The van der Waals surface area contributed by atoms with Gasteiger partial charge in [-0.25, -0.2) is 0 Å². The van der Waals surface area contributed by atoms with E-state index in [4.69, 9.17) is 0 Å². The number of piperazine rings is 1. The smallest absolute Gasteiger partial charge is 0.282 e. The van der Waals surface area contributed by atoms with E-state index < -0.39 is 10.2 Å². The summed E-state index contributed by atoms with van der Waals surface area (Å²) in [6, 6.07) is 6.23. The molecule has 0 spiro atoms. The highest BCUT2D eigenvalue weighted by Crippen LogP contribution is 2.27. The zero-order valence-corrected chi connectivity index (χ0v) is 15.7. The lowest BCUT2D eigenvalue weighted by Crippen LogP contribution is -2.52. The lowest BCUT2D eigenvalue weighted by molar-refractivity contribution is 0.177. The molecule has 1 N–H and O–H groups in total. The highest BCUT2D eigenvalue weighted by Gasteiger charge is 2.33. The van der Waals surface area contributed by atoms with Crippen molar-refractivity contribution in [1.82, 2.24) is 23.7 Å². The van der Waals surface area contributed by atoms with Crippen molar-refractivity contribution in [2.24, 2.45) is 0 Å². The quantitative estimate of drug-likeness (QED) is 0.854. The van der Waals surface area contributed by atoms with E-state index in [0.717, 1.165) is 38.2 Å². The normalized spacial score (nSPS) is 21.1. The van der Waals surface area contributed by atoms with E-state index in [1.807, 2.05) is 6.07 Å². The molecule has 2 aromatic rings. The zero-order valence-electron chi connectivity index (χ0n) is 14.1. The number of hydrogen-bond donors (Lipinski definition) is 1. The van der Waals surface area contributed by atoms with E-state index in [2.05, 4.69) is 27.2 Å². The summed E-state index contributed by atoms with van der Waals surface area (Å²) in [5.41, 5.74) is 1.04. The molecule has 4 heterocycles. The molecule has 0 atom stereocenters. The maximum Gasteiger partial charge on any atom is 0.282 e. The molecule has 0 radical (unpaired) electrons. The van der Waals surface area contributed by atoms with Gasteiger partial charge in [0.1, 0.15) is 0 Å². The van der Waals surface area contributed by atoms with Gasteiger partial charge in [-0.3, -0.25) is 10.00 Å². The summed E-state index contributed by atoms with van der Waals surface area (Å²) in [7, 11) is -3.25. The Morgan fingerprint density at radius 3 is 2.40 bits per heavy atom. The van der Waals surface area contributed by atoms with E-state index in [1.54, 1.807) is 26.1 Å². The number of thiophene rings is 1. The van der Waals surface area contributed by atoms with Gasteiger partial charge in [-0.15, -0.1) is 11.3 Å². The number of nitrogens with one attached hydrogen (secondary N) is 1. The second-order valence-electron chi connectivity index (χ2n) is 6.53. The van der Waals surface area contributed by atoms with Crippen molar-refractivity contribution in [3.8, 4) is 10.6 Å². The molecule has 25 heavy (non-hydrogen) atoms. The van der Waals surface area contributed by atoms with Crippen molar-refractivity contribution in [3.05, 3.63) is 29.3 Å². The maximum absolute atomic E-state index is 12.6. The largest absolute Gasteiger partial charge is 0.296 e. The summed E-state index contributed by atoms with van der Waals surface area (Å²) in [4.78, 5) is 4.81. The number of hydrogen-bond acceptors (Lipinski definition) is 5. The summed E-state index contributed by atoms with van der Waals surface area (Å²) in [6.07, 6.45) is 3.72. The molecule has 2 fully saturated rings. The molecule has 0 aliphatic carbocycles. The number of aromatic nitrogens is 2. The van der Waals surface area contributed by atoms with Crippen LogP contribution in [-0.4, -0.2) is 71.4 Å². The minimum Gasteiger partial charge on any atom is -0.296 e. The van der Waals surface area contributed by atoms with E-state index in [-0.39, 0.29) is 0 Å². The SMILES string of the molecule is O=S(=O)(N1CCCC1)N1CCN(Cc2ccc(-c3ccn[nH]3)s2)CC1. The van der Waals surface area contributed by atoms with Gasteiger partial charge in [-0.05, 0) is 31.0 Å². The van der Waals surface area contributed by atoms with Gasteiger partial charge < -0.3 is 0 Å². The molecule has 9 heteroatoms. The van der Waals surface area contributed by atoms with Crippen LogP contribution in [0.1, 0.15) is 17.7 Å². The van der Waals surface area contributed by atoms with Crippen molar-refractivity contribution in [2.45, 2.75) is 19.4 Å². The Labute approximate surface area is 152 Å². The van der Waals surface area contributed by atoms with E-state index in [9.17, 15) is 8.42 Å². The second kappa shape index (κ2) is 7.16. The predicted molar refractivity (Wildman–Crippen MR) is 98.5 cm³/mol. The molecule has 2 aliphatic rings. The topological polar surface area (TPSA) is 72.5 Å². The van der Waals surface area contributed by atoms with Gasteiger partial charge in [0.15, 0.2) is 0 Å². The van der Waals surface area contributed by atoms with Crippen LogP contribution in [0.5, 0.6) is 0 Å². The fraction of sp³-hybridized carbons (Fsp3) is 0.562. The van der Waals surface area contributed by atoms with Crippen LogP contribution in [0.4, 0.5) is 0 Å². The molecule has 0 aromatic carbocycles. The first-order valence-corrected chi connectivity index (χ1v) is 10.9. The zero-order chi connectivity index (χ0) is 17.3. The van der Waals surface area contributed by atoms with Gasteiger partial charge in [0, 0.05) is 56.9 Å². The highest BCUT2D eigenvalue weighted by molar-refractivity contribution is 7.86. The third-order valence-corrected chi connectivity index (χ3v) is 7.99. The van der Waals surface area contributed by atoms with Gasteiger partial charge in [0.2, 0.25) is 0 Å². The van der Waals surface area contributed by atoms with Gasteiger partial charge in [-0.2, -0.15) is 22.1 Å². The lowest BCUT2D eigenvalue weighted by Gasteiger charge is -2.35. The first-order chi connectivity index (χ1) is 12.1. The second-order valence-corrected chi connectivity index (χ2v) is 9.62. The molecular weight excluding hydrogens is 358 g/mol. The average molecular weight is 382 g/mol. The molecule has 4 rings (SSSR count). The van der Waals surface area contributed by atoms with Crippen molar-refractivity contribution >= 4 is 21.5 Å². The lowest BCUT2D eigenvalue weighted by atomic mass is 10.3. The summed E-state index contributed by atoms with van der Waals surface area (Å²) in [5, 5.41) is 6.98. The Balaban J connectivity index is 1.33. The average Bonchev–Trinajstić information content (AvgIpc) is 3.37. The molecule has 136 valence electrons. The summed E-state index contributed by atoms with van der Waals surface area (Å²) in [5.74, 6) is 0. The predicted octanol–water partition coefficient (Wildman–Crippen LogP) is 1.60. The van der Waals surface area contributed by atoms with Crippen LogP contribution >= 0.6 is 11.3 Å². The van der Waals surface area contributed by atoms with Crippen molar-refractivity contribution in [3.63, 3.8) is 0 Å². The van der Waals surface area contributed by atoms with Gasteiger partial charge >= 0.3 is 0 Å². The van der Waals surface area contributed by atoms with Crippen molar-refractivity contribution in [2.75, 3.05) is 39.3 Å². The first-order valence-electron chi connectivity index (χ1n) is 8.69. The molecule has 0 unspecified atom stereocenters. The molecule has 2 aliphatic heterocycles. The van der Waals surface area contributed by atoms with Crippen LogP contribution in [0, 0.1) is 0 Å². The van der Waals surface area contributed by atoms with Gasteiger partial charge in [-0.1, -0.05) is 0 Å². The van der Waals surface area contributed by atoms with Crippen LogP contribution in [0.3, 0.4) is 0 Å². The van der Waals surface area contributed by atoms with E-state index in [1.165, 1.54) is 9.75 Å². The summed E-state index contributed by atoms with van der Waals surface area (Å²) in [6.45, 7) is 4.95. The van der Waals surface area contributed by atoms with E-state index >= 15 is 0 Å². The van der Waals surface area contributed by atoms with Gasteiger partial charge in [0.25, 0.3) is 10.2 Å². The highest BCUT2D eigenvalue weighted by atomic mass is 32.2. The molecule has 7 nitrogen and oxygen atoms in total. The van der Waals surface area contributed by atoms with Crippen LogP contribution in [0.2, 0.25) is 0 Å². The minimum atomic E-state index is -3.25. The fourth-order valence-electron chi connectivity index (χ4n) is 3.42. The molecule has 0 amide bonds. The van der Waals surface area contributed by atoms with Crippen molar-refractivity contribution < 1.29 is 8.42 Å². The molecule has 0 bridgehead atoms. The number of rotatable bonds is 5. The monoisotopic (exact) mass is 381 g/mol. The van der Waals surface area contributed by atoms with Gasteiger partial charge in [0.05, 0.1) is 10.6 Å². The van der Waals surface area contributed by atoms with E-state index in [0.29, 0.717) is 26.2 Å². The van der Waals surface area contributed by atoms with Crippen LogP contribution in [0.15, 0.2) is 24.4 Å². The van der Waals surface area contributed by atoms with Crippen LogP contribution in [-0.2, 0) is 16.8 Å². The first kappa shape index (κ1) is 17.2. The summed E-state index contributed by atoms with van der Waals surface area (Å²) < 4.78 is 28.5. The Morgan fingerprint density at radius 1 is 1.00 bits per heavy atom. The minimum absolute atomic E-state index is 0.581. The molecule has 2 aromatic heterocycles. The Morgan fingerprint density at radius 2 is 1.72 bits per heavy atom. The van der Waals surface area contributed by atoms with Crippen LogP contribution in [0.25, 0.3) is 10.6 Å². The standard InChI is InChI=1S/C16H23N5O2S2/c22-25(23,20-7-1-2-8-20)21-11-9-19(10-12-21)13-14-3-4-16(24-14)15-5-6-17-18-15/h3-6H,1-2,7-13H2,(H,17,18). The Kier molecular flexibility index (Phi) is 4.92. The third-order valence-electron chi connectivity index (χ3n) is 4.86.